The molecule has 34 heavy (non-hydrogen) atoms. The Labute approximate surface area is 201 Å². The van der Waals surface area contributed by atoms with Crippen LogP contribution in [0.3, 0.4) is 0 Å². The molecule has 0 spiro atoms. The van der Waals surface area contributed by atoms with E-state index in [2.05, 4.69) is 15.0 Å². The summed E-state index contributed by atoms with van der Waals surface area (Å²) in [6.45, 7) is -1.39. The minimum atomic E-state index is -5.01. The van der Waals surface area contributed by atoms with Crippen molar-refractivity contribution < 1.29 is 51.0 Å². The van der Waals surface area contributed by atoms with Crippen molar-refractivity contribution in [2.24, 2.45) is 0 Å². The number of hydrogen-bond acceptors (Lipinski definition) is 13. The van der Waals surface area contributed by atoms with Crippen LogP contribution in [0.1, 0.15) is 6.23 Å². The molecule has 0 radical (unpaired) electrons. The van der Waals surface area contributed by atoms with E-state index in [9.17, 15) is 18.9 Å². The van der Waals surface area contributed by atoms with E-state index in [-0.39, 0.29) is 12.4 Å². The number of alkyl halides is 2. The smallest absolute Gasteiger partial charge is 0.382 e. The fraction of sp³-hybridized carbons (Fsp3) is 0.615. The Hall–Kier alpha value is -0.540. The third-order valence-electron chi connectivity index (χ3n) is 5.05. The maximum Gasteiger partial charge on any atom is 0.383 e. The number of halogens is 2. The van der Waals surface area contributed by atoms with E-state index in [1.54, 1.807) is 4.57 Å². The standard InChI is InChI=1S/C13H16Cl2N5O11P3/c1-25-12-28-7-5(2-26-32-30-33(21,22)13(14,15)34(23,24)31-32)27-11(8(7)29-12)20-4-19-6-9(16)17-3-18-10(6)20/h3-5,7-8,11-12H,2H2,1H3,(H,21,22)(H,23,24)(H2,16,17,18)/t5-,7?,8+,11-,12?/m1/s1. The molecule has 0 amide bonds. The van der Waals surface area contributed by atoms with Crippen molar-refractivity contribution in [1.29, 1.82) is 0 Å². The van der Waals surface area contributed by atoms with Gasteiger partial charge in [-0.25, -0.2) is 23.6 Å². The first-order valence-electron chi connectivity index (χ1n) is 9.23. The summed E-state index contributed by atoms with van der Waals surface area (Å²) in [5, 5.41) is 0. The van der Waals surface area contributed by atoms with Gasteiger partial charge in [-0.05, 0) is 0 Å². The van der Waals surface area contributed by atoms with Gasteiger partial charge in [0.15, 0.2) is 17.7 Å². The van der Waals surface area contributed by atoms with Crippen molar-refractivity contribution in [3.63, 3.8) is 0 Å². The molecule has 3 aliphatic rings. The third-order valence-corrected chi connectivity index (χ3v) is 13.7. The molecular formula is C13H16Cl2N5O11P3. The molecule has 0 bridgehead atoms. The first-order valence-corrected chi connectivity index (χ1v) is 14.2. The zero-order chi connectivity index (χ0) is 24.5. The number of fused-ring (bicyclic) bond motifs is 2. The highest BCUT2D eigenvalue weighted by molar-refractivity contribution is 7.86. The quantitative estimate of drug-likeness (QED) is 0.339. The van der Waals surface area contributed by atoms with E-state index in [0.29, 0.717) is 11.2 Å². The van der Waals surface area contributed by atoms with E-state index in [4.69, 9.17) is 61.0 Å². The predicted octanol–water partition coefficient (Wildman–Crippen LogP) is 1.77. The summed E-state index contributed by atoms with van der Waals surface area (Å²) in [5.74, 6) is 0.169. The minimum Gasteiger partial charge on any atom is -0.382 e. The lowest BCUT2D eigenvalue weighted by molar-refractivity contribution is -0.256. The van der Waals surface area contributed by atoms with Gasteiger partial charge in [-0.2, -0.15) is 0 Å². The Bertz CT molecular complexity index is 1180. The molecule has 5 heterocycles. The number of nitrogens with two attached hydrogens (primary N) is 1. The molecule has 21 heteroatoms. The fourth-order valence-corrected chi connectivity index (χ4v) is 9.78. The van der Waals surface area contributed by atoms with Crippen molar-refractivity contribution in [2.45, 2.75) is 34.8 Å². The number of methoxy groups -OCH3 is 1. The number of hydrogen-bond donors (Lipinski definition) is 3. The number of ether oxygens (including phenoxy) is 4. The van der Waals surface area contributed by atoms with Crippen LogP contribution in [0, 0.1) is 0 Å². The van der Waals surface area contributed by atoms with Crippen LogP contribution in [0.25, 0.3) is 11.2 Å². The van der Waals surface area contributed by atoms with Crippen molar-refractivity contribution in [2.75, 3.05) is 19.5 Å². The van der Waals surface area contributed by atoms with E-state index in [0.717, 1.165) is 0 Å². The highest BCUT2D eigenvalue weighted by atomic mass is 35.5. The van der Waals surface area contributed by atoms with Gasteiger partial charge in [0.25, 0.3) is 6.48 Å². The third kappa shape index (κ3) is 4.00. The van der Waals surface area contributed by atoms with Crippen LogP contribution in [0.15, 0.2) is 12.7 Å². The van der Waals surface area contributed by atoms with Crippen molar-refractivity contribution >= 4 is 64.0 Å². The topological polar surface area (TPSA) is 209 Å². The first kappa shape index (κ1) is 25.1. The van der Waals surface area contributed by atoms with E-state index in [1.165, 1.54) is 19.8 Å². The minimum absolute atomic E-state index is 0.169. The molecule has 3 fully saturated rings. The molecule has 2 aromatic rings. The molecule has 5 rings (SSSR count). The number of rotatable bonds is 5. The van der Waals surface area contributed by atoms with Crippen LogP contribution in [-0.2, 0) is 41.2 Å². The Morgan fingerprint density at radius 3 is 2.53 bits per heavy atom. The fourth-order valence-electron chi connectivity index (χ4n) is 3.47. The lowest BCUT2D eigenvalue weighted by atomic mass is 10.1. The SMILES string of the molecule is COC1OC2[C@@H](COP3OP(=O)(O)C(Cl)(Cl)P(=O)(O)O3)O[C@@H](n3cnc4c(N)ncnc43)[C@H]2O1. The number of nitrogens with zero attached hydrogens (tertiary/aromatic N) is 4. The summed E-state index contributed by atoms with van der Waals surface area (Å²) < 4.78 is 60.3. The van der Waals surface area contributed by atoms with Crippen LogP contribution in [0.2, 0.25) is 0 Å². The van der Waals surface area contributed by atoms with Crippen molar-refractivity contribution in [1.82, 2.24) is 19.5 Å². The molecule has 4 unspecified atom stereocenters. The largest absolute Gasteiger partial charge is 0.383 e. The average molecular weight is 582 g/mol. The summed E-state index contributed by atoms with van der Waals surface area (Å²) in [6.07, 6.45) is -0.484. The Morgan fingerprint density at radius 1 is 1.18 bits per heavy atom. The van der Waals surface area contributed by atoms with Gasteiger partial charge in [0.05, 0.1) is 12.9 Å². The molecular weight excluding hydrogens is 566 g/mol. The van der Waals surface area contributed by atoms with E-state index in [1.807, 2.05) is 0 Å². The van der Waals surface area contributed by atoms with Gasteiger partial charge in [0, 0.05) is 7.11 Å². The maximum absolute atomic E-state index is 12.2. The van der Waals surface area contributed by atoms with Crippen LogP contribution in [0.5, 0.6) is 0 Å². The Kier molecular flexibility index (Phi) is 6.49. The first-order chi connectivity index (χ1) is 15.9. The highest BCUT2D eigenvalue weighted by Crippen LogP contribution is 2.87. The summed E-state index contributed by atoms with van der Waals surface area (Å²) in [6, 6.07) is 0. The summed E-state index contributed by atoms with van der Waals surface area (Å²) in [7, 11) is -11.4. The molecule has 3 aliphatic heterocycles. The van der Waals surface area contributed by atoms with Gasteiger partial charge in [0.1, 0.15) is 30.2 Å². The van der Waals surface area contributed by atoms with Gasteiger partial charge in [0.2, 0.25) is 0 Å². The van der Waals surface area contributed by atoms with Crippen LogP contribution in [0.4, 0.5) is 5.82 Å². The molecule has 188 valence electrons. The van der Waals surface area contributed by atoms with Gasteiger partial charge >= 0.3 is 27.6 Å². The Morgan fingerprint density at radius 2 is 1.85 bits per heavy atom. The predicted molar refractivity (Wildman–Crippen MR) is 113 cm³/mol. The average Bonchev–Trinajstić information content (AvgIpc) is 3.44. The van der Waals surface area contributed by atoms with Gasteiger partial charge in [-0.1, -0.05) is 23.2 Å². The highest BCUT2D eigenvalue weighted by Gasteiger charge is 2.68. The second-order valence-corrected chi connectivity index (χ2v) is 15.3. The maximum atomic E-state index is 12.2. The molecule has 4 N–H and O–H groups in total. The number of aromatic nitrogens is 4. The normalized spacial score (nSPS) is 41.7. The number of nitrogen functional groups attached to an aromatic ring is 1. The van der Waals surface area contributed by atoms with Crippen molar-refractivity contribution in [3.8, 4) is 0 Å². The van der Waals surface area contributed by atoms with E-state index < -0.39 is 58.6 Å². The van der Waals surface area contributed by atoms with Gasteiger partial charge < -0.3 is 39.0 Å². The van der Waals surface area contributed by atoms with Gasteiger partial charge in [-0.15, -0.1) is 0 Å². The zero-order valence-corrected chi connectivity index (χ0v) is 21.0. The van der Waals surface area contributed by atoms with E-state index >= 15 is 0 Å². The molecule has 0 aliphatic carbocycles. The molecule has 0 aromatic carbocycles. The Balaban J connectivity index is 1.36. The van der Waals surface area contributed by atoms with Crippen LogP contribution >= 0.6 is 47.0 Å². The number of anilines is 1. The second-order valence-electron chi connectivity index (χ2n) is 7.11. The monoisotopic (exact) mass is 581 g/mol. The number of imidazole rings is 1. The molecule has 16 nitrogen and oxygen atoms in total. The zero-order valence-electron chi connectivity index (χ0n) is 16.8. The summed E-state index contributed by atoms with van der Waals surface area (Å²) in [4.78, 5) is 32.0. The molecule has 0 saturated carbocycles. The summed E-state index contributed by atoms with van der Waals surface area (Å²) >= 11 is 11.1. The molecule has 3 saturated heterocycles. The van der Waals surface area contributed by atoms with Crippen LogP contribution < -0.4 is 5.73 Å². The lowest BCUT2D eigenvalue weighted by Crippen LogP contribution is -2.32. The van der Waals surface area contributed by atoms with Gasteiger partial charge in [-0.3, -0.25) is 13.7 Å². The molecule has 7 atom stereocenters. The van der Waals surface area contributed by atoms with Crippen LogP contribution in [-0.4, -0.2) is 71.6 Å². The summed E-state index contributed by atoms with van der Waals surface area (Å²) in [5.41, 5.74) is 6.56. The second kappa shape index (κ2) is 8.79. The molecule has 2 aromatic heterocycles. The lowest BCUT2D eigenvalue weighted by Gasteiger charge is -2.35. The van der Waals surface area contributed by atoms with Crippen molar-refractivity contribution in [3.05, 3.63) is 12.7 Å².